The van der Waals surface area contributed by atoms with Gasteiger partial charge in [0, 0.05) is 0 Å². The molecule has 0 bridgehead atoms. The van der Waals surface area contributed by atoms with Crippen molar-refractivity contribution in [3.8, 4) is 0 Å². The van der Waals surface area contributed by atoms with E-state index in [-0.39, 0.29) is 0 Å². The van der Waals surface area contributed by atoms with Crippen molar-refractivity contribution in [1.29, 1.82) is 0 Å². The molecule has 0 aromatic heterocycles. The van der Waals surface area contributed by atoms with Crippen molar-refractivity contribution in [2.45, 2.75) is 27.7 Å². The van der Waals surface area contributed by atoms with Gasteiger partial charge in [0.05, 0.1) is 0 Å². The number of rotatable bonds is 4. The Morgan fingerprint density at radius 1 is 0.310 bits per heavy atom. The predicted octanol–water partition coefficient (Wildman–Crippen LogP) is 5.27. The summed E-state index contributed by atoms with van der Waals surface area (Å²) in [6.45, 7) is 8.65. The standard InChI is InChI=1S/C28H29P/c1-21-5-13-25(14-6-21)29(26-15-7-22(2)8-16-26,27-17-9-23(3)10-18-27)28-19-11-24(4)12-20-28/h5-20,29H,1-4H3. The third-order valence-corrected chi connectivity index (χ3v) is 10.7. The van der Waals surface area contributed by atoms with Crippen LogP contribution in [0.5, 0.6) is 0 Å². The van der Waals surface area contributed by atoms with Crippen LogP contribution in [0.2, 0.25) is 0 Å². The molecule has 0 radical (unpaired) electrons. The van der Waals surface area contributed by atoms with Gasteiger partial charge in [-0.2, -0.15) is 0 Å². The molecule has 0 N–H and O–H groups in total. The van der Waals surface area contributed by atoms with E-state index in [9.17, 15) is 0 Å². The molecule has 29 heavy (non-hydrogen) atoms. The molecule has 0 aliphatic rings. The fourth-order valence-corrected chi connectivity index (χ4v) is 8.88. The Morgan fingerprint density at radius 3 is 0.655 bits per heavy atom. The van der Waals surface area contributed by atoms with Crippen LogP contribution in [0.4, 0.5) is 0 Å². The van der Waals surface area contributed by atoms with Crippen molar-refractivity contribution >= 4 is 28.5 Å². The summed E-state index contributed by atoms with van der Waals surface area (Å²) in [6, 6.07) is 36.8. The van der Waals surface area contributed by atoms with Gasteiger partial charge >= 0.3 is 175 Å². The van der Waals surface area contributed by atoms with E-state index in [1.54, 1.807) is 0 Å². The molecule has 4 rings (SSSR count). The van der Waals surface area contributed by atoms with Gasteiger partial charge in [0.15, 0.2) is 0 Å². The molecule has 146 valence electrons. The molecule has 4 aromatic rings. The maximum absolute atomic E-state index is 2.39. The van der Waals surface area contributed by atoms with Crippen molar-refractivity contribution in [1.82, 2.24) is 0 Å². The number of benzene rings is 4. The van der Waals surface area contributed by atoms with Crippen molar-refractivity contribution in [3.63, 3.8) is 0 Å². The van der Waals surface area contributed by atoms with Crippen LogP contribution in [0, 0.1) is 27.7 Å². The van der Waals surface area contributed by atoms with Gasteiger partial charge in [-0.05, 0) is 0 Å². The van der Waals surface area contributed by atoms with E-state index in [2.05, 4.69) is 125 Å². The quantitative estimate of drug-likeness (QED) is 0.412. The third-order valence-electron chi connectivity index (χ3n) is 5.94. The van der Waals surface area contributed by atoms with Crippen LogP contribution in [0.3, 0.4) is 0 Å². The molecule has 1 heteroatoms. The van der Waals surface area contributed by atoms with E-state index in [4.69, 9.17) is 0 Å². The predicted molar refractivity (Wildman–Crippen MR) is 132 cm³/mol. The average molecular weight is 397 g/mol. The average Bonchev–Trinajstić information content (AvgIpc) is 2.73. The monoisotopic (exact) mass is 396 g/mol. The summed E-state index contributed by atoms with van der Waals surface area (Å²) in [5.41, 5.74) is 5.20. The van der Waals surface area contributed by atoms with Crippen LogP contribution in [-0.2, 0) is 0 Å². The van der Waals surface area contributed by atoms with Gasteiger partial charge in [-0.15, -0.1) is 0 Å². The molecule has 0 unspecified atom stereocenters. The number of hydrogen-bond acceptors (Lipinski definition) is 0. The Labute approximate surface area is 175 Å². The Hall–Kier alpha value is -2.69. The zero-order valence-electron chi connectivity index (χ0n) is 17.7. The summed E-state index contributed by atoms with van der Waals surface area (Å²) in [5, 5.41) is 5.72. The zero-order valence-corrected chi connectivity index (χ0v) is 18.7. The second kappa shape index (κ2) is 7.97. The molecule has 0 aliphatic carbocycles. The van der Waals surface area contributed by atoms with E-state index in [0.29, 0.717) is 0 Å². The zero-order chi connectivity index (χ0) is 20.4. The fraction of sp³-hybridized carbons (Fsp3) is 0.143. The second-order valence-corrected chi connectivity index (χ2v) is 12.0. The molecule has 0 heterocycles. The van der Waals surface area contributed by atoms with Gasteiger partial charge < -0.3 is 0 Å². The molecular weight excluding hydrogens is 367 g/mol. The first-order chi connectivity index (χ1) is 14.0. The number of hydrogen-bond donors (Lipinski definition) is 0. The summed E-state index contributed by atoms with van der Waals surface area (Å²) in [6.07, 6.45) is 0. The van der Waals surface area contributed by atoms with E-state index in [0.717, 1.165) is 0 Å². The molecule has 0 spiro atoms. The summed E-state index contributed by atoms with van der Waals surface area (Å²) < 4.78 is 0. The minimum atomic E-state index is -2.39. The van der Waals surface area contributed by atoms with Gasteiger partial charge in [-0.1, -0.05) is 0 Å². The normalized spacial score (nSPS) is 12.0. The molecule has 0 amide bonds. The topological polar surface area (TPSA) is 0 Å². The summed E-state index contributed by atoms with van der Waals surface area (Å²) in [5.74, 6) is 0. The van der Waals surface area contributed by atoms with Gasteiger partial charge in [-0.3, -0.25) is 0 Å². The summed E-state index contributed by atoms with van der Waals surface area (Å²) in [4.78, 5) is 0. The van der Waals surface area contributed by atoms with E-state index >= 15 is 0 Å². The summed E-state index contributed by atoms with van der Waals surface area (Å²) in [7, 11) is -2.39. The maximum atomic E-state index is 2.35. The van der Waals surface area contributed by atoms with Gasteiger partial charge in [0.25, 0.3) is 0 Å². The van der Waals surface area contributed by atoms with Crippen molar-refractivity contribution in [3.05, 3.63) is 119 Å². The SMILES string of the molecule is Cc1ccc([PH](c2ccc(C)cc2)(c2ccc(C)cc2)c2ccc(C)cc2)cc1. The van der Waals surface area contributed by atoms with Gasteiger partial charge in [0.2, 0.25) is 0 Å². The minimum absolute atomic E-state index is 1.30. The Balaban J connectivity index is 2.11. The second-order valence-electron chi connectivity index (χ2n) is 8.21. The third kappa shape index (κ3) is 3.66. The molecule has 4 aromatic carbocycles. The molecule has 0 saturated heterocycles. The van der Waals surface area contributed by atoms with Crippen LogP contribution < -0.4 is 21.2 Å². The molecule has 0 atom stereocenters. The van der Waals surface area contributed by atoms with Crippen LogP contribution >= 0.6 is 7.26 Å². The Kier molecular flexibility index (Phi) is 5.39. The van der Waals surface area contributed by atoms with Gasteiger partial charge in [-0.25, -0.2) is 0 Å². The van der Waals surface area contributed by atoms with Crippen molar-refractivity contribution < 1.29 is 0 Å². The fourth-order valence-electron chi connectivity index (χ4n) is 4.21. The summed E-state index contributed by atoms with van der Waals surface area (Å²) >= 11 is 0. The first kappa shape index (κ1) is 19.6. The van der Waals surface area contributed by atoms with Crippen LogP contribution in [0.1, 0.15) is 22.3 Å². The van der Waals surface area contributed by atoms with Crippen molar-refractivity contribution in [2.24, 2.45) is 0 Å². The molecule has 0 fully saturated rings. The van der Waals surface area contributed by atoms with Crippen LogP contribution in [0.15, 0.2) is 97.1 Å². The van der Waals surface area contributed by atoms with E-state index in [1.165, 1.54) is 43.5 Å². The Bertz CT molecular complexity index is 900. The number of aryl methyl sites for hydroxylation is 4. The molecular formula is C28H29P. The molecule has 0 saturated carbocycles. The first-order valence-corrected chi connectivity index (χ1v) is 12.3. The molecule has 0 aliphatic heterocycles. The Morgan fingerprint density at radius 2 is 0.483 bits per heavy atom. The van der Waals surface area contributed by atoms with Crippen LogP contribution in [0.25, 0.3) is 0 Å². The van der Waals surface area contributed by atoms with Crippen LogP contribution in [-0.4, -0.2) is 0 Å². The van der Waals surface area contributed by atoms with E-state index in [1.807, 2.05) is 0 Å². The van der Waals surface area contributed by atoms with E-state index < -0.39 is 7.26 Å². The van der Waals surface area contributed by atoms with Gasteiger partial charge in [0.1, 0.15) is 0 Å². The first-order valence-electron chi connectivity index (χ1n) is 10.3. The van der Waals surface area contributed by atoms with Crippen molar-refractivity contribution in [2.75, 3.05) is 0 Å². The molecule has 0 nitrogen and oxygen atoms in total.